The van der Waals surface area contributed by atoms with Crippen LogP contribution in [0.5, 0.6) is 0 Å². The molecule has 6 atom stereocenters. The molecule has 5 rings (SSSR count). The Morgan fingerprint density at radius 1 is 1.04 bits per heavy atom. The Labute approximate surface area is 294 Å². The van der Waals surface area contributed by atoms with Crippen molar-refractivity contribution in [1.82, 2.24) is 19.5 Å². The molecule has 0 aliphatic carbocycles. The number of benzene rings is 1. The van der Waals surface area contributed by atoms with Crippen LogP contribution >= 0.6 is 18.3 Å². The van der Waals surface area contributed by atoms with Crippen LogP contribution in [-0.2, 0) is 39.0 Å². The van der Waals surface area contributed by atoms with Crippen molar-refractivity contribution in [2.24, 2.45) is 0 Å². The van der Waals surface area contributed by atoms with Crippen molar-refractivity contribution < 1.29 is 31.6 Å². The standard InChI is InChI=1S/C31H48ClFN5O6PSSi2/c1-30(2,3)47(7,8)43-25-23(16-40-45(46)39-14-13-22(42-45)20-12-11-19(32)15-21(20)33)41-29(26(25)44-48(9,10)31(4,5)6)38-18-37-24-27(34)35-17-36-28(24)38/h11-12,15,17-18,22-23,25-26,29H,13-14,16H2,1-10H3,(H2,34,35,36)/t22-,23+,25+,26+,29+,45?/m0/s1. The monoisotopic (exact) mass is 759 g/mol. The van der Waals surface area contributed by atoms with Crippen molar-refractivity contribution in [3.8, 4) is 0 Å². The van der Waals surface area contributed by atoms with E-state index in [9.17, 15) is 4.39 Å². The zero-order valence-corrected chi connectivity index (χ0v) is 33.8. The molecule has 4 heterocycles. The largest absolute Gasteiger partial charge is 0.408 e. The third-order valence-electron chi connectivity index (χ3n) is 10.0. The van der Waals surface area contributed by atoms with E-state index in [1.165, 1.54) is 12.4 Å². The molecule has 11 nitrogen and oxygen atoms in total. The van der Waals surface area contributed by atoms with Gasteiger partial charge in [0.05, 0.1) is 25.6 Å². The molecule has 48 heavy (non-hydrogen) atoms. The Balaban J connectivity index is 1.51. The number of ether oxygens (including phenoxy) is 1. The topological polar surface area (TPSA) is 125 Å². The van der Waals surface area contributed by atoms with Gasteiger partial charge in [-0.1, -0.05) is 59.2 Å². The average molecular weight is 760 g/mol. The van der Waals surface area contributed by atoms with Gasteiger partial charge in [-0.25, -0.2) is 19.3 Å². The highest BCUT2D eigenvalue weighted by Gasteiger charge is 2.55. The van der Waals surface area contributed by atoms with E-state index in [2.05, 4.69) is 82.7 Å². The molecule has 266 valence electrons. The summed E-state index contributed by atoms with van der Waals surface area (Å²) in [6.07, 6.45) is 0.372. The van der Waals surface area contributed by atoms with E-state index in [0.29, 0.717) is 28.2 Å². The van der Waals surface area contributed by atoms with Gasteiger partial charge in [0, 0.05) is 17.0 Å². The molecule has 3 aromatic rings. The van der Waals surface area contributed by atoms with Crippen LogP contribution in [0.3, 0.4) is 0 Å². The number of nitrogens with zero attached hydrogens (tertiary/aromatic N) is 4. The van der Waals surface area contributed by atoms with Gasteiger partial charge in [-0.3, -0.25) is 4.57 Å². The Morgan fingerprint density at radius 3 is 2.31 bits per heavy atom. The van der Waals surface area contributed by atoms with Gasteiger partial charge in [0.25, 0.3) is 0 Å². The smallest absolute Gasteiger partial charge is 0.327 e. The van der Waals surface area contributed by atoms with Crippen LogP contribution < -0.4 is 5.73 Å². The lowest BCUT2D eigenvalue weighted by Crippen LogP contribution is -2.54. The SMILES string of the molecule is CC(C)(C)[Si](C)(C)O[C@@H]1[C@H](O[Si](C)(C)C(C)(C)C)[C@@H](COP2(=S)OCC[C@@H](c3ccc(Cl)cc3F)O2)O[C@H]1n1cnc2c(N)ncnc21. The van der Waals surface area contributed by atoms with Crippen molar-refractivity contribution in [1.29, 1.82) is 0 Å². The maximum atomic E-state index is 14.9. The van der Waals surface area contributed by atoms with E-state index >= 15 is 0 Å². The molecule has 0 bridgehead atoms. The molecule has 2 aliphatic heterocycles. The molecule has 2 fully saturated rings. The third kappa shape index (κ3) is 7.76. The molecule has 1 unspecified atom stereocenters. The first-order chi connectivity index (χ1) is 22.1. The first-order valence-electron chi connectivity index (χ1n) is 16.1. The number of hydrogen-bond acceptors (Lipinski definition) is 11. The van der Waals surface area contributed by atoms with Crippen LogP contribution in [0.4, 0.5) is 10.2 Å². The second-order valence-corrected chi connectivity index (χ2v) is 28.4. The van der Waals surface area contributed by atoms with E-state index in [-0.39, 0.29) is 29.1 Å². The molecule has 0 radical (unpaired) electrons. The Bertz CT molecular complexity index is 1690. The number of nitrogens with two attached hydrogens (primary N) is 1. The first kappa shape index (κ1) is 37.9. The molecule has 2 saturated heterocycles. The summed E-state index contributed by atoms with van der Waals surface area (Å²) in [7, 11) is -4.81. The Hall–Kier alpha value is -1.37. The summed E-state index contributed by atoms with van der Waals surface area (Å²) in [4.78, 5) is 13.1. The van der Waals surface area contributed by atoms with Crippen LogP contribution in [-0.4, -0.2) is 67.7 Å². The molecule has 0 saturated carbocycles. The quantitative estimate of drug-likeness (QED) is 0.167. The minimum atomic E-state index is -3.32. The van der Waals surface area contributed by atoms with Gasteiger partial charge in [-0.15, -0.1) is 0 Å². The second kappa shape index (κ2) is 13.6. The molecule has 2 N–H and O–H groups in total. The van der Waals surface area contributed by atoms with Crippen molar-refractivity contribution >= 4 is 63.7 Å². The lowest BCUT2D eigenvalue weighted by atomic mass is 10.1. The summed E-state index contributed by atoms with van der Waals surface area (Å²) in [6.45, 7) is 18.9. The molecule has 2 aromatic heterocycles. The van der Waals surface area contributed by atoms with Crippen LogP contribution in [0.1, 0.15) is 65.9 Å². The van der Waals surface area contributed by atoms with Gasteiger partial charge in [0.15, 0.2) is 34.3 Å². The molecule has 17 heteroatoms. The van der Waals surface area contributed by atoms with E-state index in [1.54, 1.807) is 18.5 Å². The fraction of sp³-hybridized carbons (Fsp3) is 0.645. The molecular formula is C31H48ClFN5O6PSSi2. The van der Waals surface area contributed by atoms with Crippen molar-refractivity contribution in [2.75, 3.05) is 18.9 Å². The lowest BCUT2D eigenvalue weighted by Gasteiger charge is -2.44. The Kier molecular flexibility index (Phi) is 10.8. The number of halogens is 2. The summed E-state index contributed by atoms with van der Waals surface area (Å²) < 4.78 is 56.4. The molecule has 2 aliphatic rings. The highest BCUT2D eigenvalue weighted by molar-refractivity contribution is 8.07. The van der Waals surface area contributed by atoms with E-state index in [0.717, 1.165) is 0 Å². The maximum absolute atomic E-state index is 14.9. The number of hydrogen-bond donors (Lipinski definition) is 1. The predicted molar refractivity (Wildman–Crippen MR) is 194 cm³/mol. The first-order valence-corrected chi connectivity index (χ1v) is 24.8. The van der Waals surface area contributed by atoms with Crippen LogP contribution in [0.2, 0.25) is 41.3 Å². The molecule has 0 spiro atoms. The van der Waals surface area contributed by atoms with Crippen LogP contribution in [0.25, 0.3) is 11.2 Å². The number of aromatic nitrogens is 4. The summed E-state index contributed by atoms with van der Waals surface area (Å²) in [5.41, 5.74) is 7.50. The van der Waals surface area contributed by atoms with Gasteiger partial charge in [0.1, 0.15) is 36.0 Å². The number of nitrogen functional groups attached to an aromatic ring is 1. The van der Waals surface area contributed by atoms with Gasteiger partial charge in [0.2, 0.25) is 0 Å². The van der Waals surface area contributed by atoms with Gasteiger partial charge >= 0.3 is 6.72 Å². The van der Waals surface area contributed by atoms with Crippen molar-refractivity contribution in [3.05, 3.63) is 47.3 Å². The summed E-state index contributed by atoms with van der Waals surface area (Å²) in [5, 5.41) is 0.0801. The zero-order chi connectivity index (χ0) is 35.4. The lowest BCUT2D eigenvalue weighted by molar-refractivity contribution is -0.0515. The number of rotatable bonds is 9. The average Bonchev–Trinajstić information content (AvgIpc) is 3.52. The highest BCUT2D eigenvalue weighted by atomic mass is 35.5. The summed E-state index contributed by atoms with van der Waals surface area (Å²) in [5.74, 6) is -0.202. The fourth-order valence-electron chi connectivity index (χ4n) is 5.14. The summed E-state index contributed by atoms with van der Waals surface area (Å²) in [6, 6.07) is 4.49. The highest BCUT2D eigenvalue weighted by Crippen LogP contribution is 2.58. The maximum Gasteiger partial charge on any atom is 0.327 e. The van der Waals surface area contributed by atoms with Crippen LogP contribution in [0.15, 0.2) is 30.9 Å². The zero-order valence-electron chi connectivity index (χ0n) is 29.3. The number of anilines is 1. The minimum absolute atomic E-state index is 0.00992. The summed E-state index contributed by atoms with van der Waals surface area (Å²) >= 11 is 11.8. The van der Waals surface area contributed by atoms with E-state index in [1.807, 2.05) is 4.57 Å². The molecule has 0 amide bonds. The van der Waals surface area contributed by atoms with Gasteiger partial charge < -0.3 is 32.9 Å². The van der Waals surface area contributed by atoms with E-state index < -0.39 is 59.8 Å². The van der Waals surface area contributed by atoms with Gasteiger partial charge in [-0.05, 0) is 60.2 Å². The van der Waals surface area contributed by atoms with Gasteiger partial charge in [-0.2, -0.15) is 0 Å². The van der Waals surface area contributed by atoms with Crippen LogP contribution in [0, 0.1) is 5.82 Å². The molecule has 1 aromatic carbocycles. The molecular weight excluding hydrogens is 712 g/mol. The van der Waals surface area contributed by atoms with E-state index in [4.69, 9.17) is 56.3 Å². The minimum Gasteiger partial charge on any atom is -0.408 e. The second-order valence-electron chi connectivity index (χ2n) is 15.5. The van der Waals surface area contributed by atoms with Crippen molar-refractivity contribution in [2.45, 2.75) is 115 Å². The Morgan fingerprint density at radius 2 is 1.69 bits per heavy atom. The predicted octanol–water partition coefficient (Wildman–Crippen LogP) is 8.30. The third-order valence-corrected chi connectivity index (χ3v) is 21.6. The normalized spacial score (nSPS) is 27.5. The fourth-order valence-corrected chi connectivity index (χ4v) is 10.0. The van der Waals surface area contributed by atoms with Crippen molar-refractivity contribution in [3.63, 3.8) is 0 Å². The number of imidazole rings is 1. The number of fused-ring (bicyclic) bond motifs is 1.